The normalized spacial score (nSPS) is 15.7. The number of nitrogens with one attached hydrogen (secondary N) is 2. The maximum atomic E-state index is 12.1. The summed E-state index contributed by atoms with van der Waals surface area (Å²) < 4.78 is 2.03. The number of benzene rings is 1. The van der Waals surface area contributed by atoms with Crippen LogP contribution in [-0.4, -0.2) is 21.6 Å². The SMILES string of the molecule is O=C(NCc1cccc(Cn2ccnc2)c1)NC1CCCCCC1. The van der Waals surface area contributed by atoms with Crippen LogP contribution in [0.5, 0.6) is 0 Å². The van der Waals surface area contributed by atoms with Gasteiger partial charge in [-0.15, -0.1) is 0 Å². The number of aromatic nitrogens is 2. The molecule has 2 N–H and O–H groups in total. The van der Waals surface area contributed by atoms with Crippen molar-refractivity contribution in [3.8, 4) is 0 Å². The Labute approximate surface area is 143 Å². The number of carbonyl (C=O) groups is 1. The van der Waals surface area contributed by atoms with Gasteiger partial charge in [-0.05, 0) is 24.0 Å². The van der Waals surface area contributed by atoms with Gasteiger partial charge in [-0.1, -0.05) is 49.9 Å². The van der Waals surface area contributed by atoms with Crippen LogP contribution in [-0.2, 0) is 13.1 Å². The minimum absolute atomic E-state index is 0.0538. The monoisotopic (exact) mass is 326 g/mol. The number of urea groups is 1. The number of nitrogens with zero attached hydrogens (tertiary/aromatic N) is 2. The molecule has 0 saturated heterocycles. The Kier molecular flexibility index (Phi) is 5.88. The lowest BCUT2D eigenvalue weighted by molar-refractivity contribution is 0.235. The molecule has 2 amide bonds. The Bertz CT molecular complexity index is 631. The quantitative estimate of drug-likeness (QED) is 0.827. The molecule has 0 atom stereocenters. The Morgan fingerprint density at radius 1 is 1.17 bits per heavy atom. The summed E-state index contributed by atoms with van der Waals surface area (Å²) in [5.41, 5.74) is 2.32. The van der Waals surface area contributed by atoms with Gasteiger partial charge in [-0.3, -0.25) is 0 Å². The lowest BCUT2D eigenvalue weighted by Crippen LogP contribution is -2.41. The van der Waals surface area contributed by atoms with Gasteiger partial charge in [0.15, 0.2) is 0 Å². The molecule has 0 unspecified atom stereocenters. The van der Waals surface area contributed by atoms with Crippen molar-refractivity contribution in [2.24, 2.45) is 0 Å². The summed E-state index contributed by atoms with van der Waals surface area (Å²) in [5.74, 6) is 0. The van der Waals surface area contributed by atoms with Crippen LogP contribution in [0, 0.1) is 0 Å². The third kappa shape index (κ3) is 5.11. The minimum Gasteiger partial charge on any atom is -0.335 e. The molecule has 2 aromatic rings. The number of rotatable bonds is 5. The van der Waals surface area contributed by atoms with Crippen LogP contribution in [0.3, 0.4) is 0 Å². The van der Waals surface area contributed by atoms with Crippen LogP contribution in [0.4, 0.5) is 4.79 Å². The fraction of sp³-hybridized carbons (Fsp3) is 0.474. The van der Waals surface area contributed by atoms with E-state index in [4.69, 9.17) is 0 Å². The van der Waals surface area contributed by atoms with Gasteiger partial charge in [0.2, 0.25) is 0 Å². The first-order valence-corrected chi connectivity index (χ1v) is 8.87. The van der Waals surface area contributed by atoms with Crippen molar-refractivity contribution in [3.05, 3.63) is 54.1 Å². The van der Waals surface area contributed by atoms with Gasteiger partial charge >= 0.3 is 6.03 Å². The van der Waals surface area contributed by atoms with Gasteiger partial charge in [0.05, 0.1) is 6.33 Å². The van der Waals surface area contributed by atoms with Crippen LogP contribution in [0.15, 0.2) is 43.0 Å². The highest BCUT2D eigenvalue weighted by Gasteiger charge is 2.14. The van der Waals surface area contributed by atoms with Crippen LogP contribution in [0.25, 0.3) is 0 Å². The van der Waals surface area contributed by atoms with Crippen LogP contribution in [0.2, 0.25) is 0 Å². The largest absolute Gasteiger partial charge is 0.335 e. The standard InChI is InChI=1S/C19H26N4O/c24-19(22-18-8-3-1-2-4-9-18)21-13-16-6-5-7-17(12-16)14-23-11-10-20-15-23/h5-7,10-12,15,18H,1-4,8-9,13-14H2,(H2,21,22,24). The second-order valence-electron chi connectivity index (χ2n) is 6.57. The topological polar surface area (TPSA) is 59.0 Å². The maximum Gasteiger partial charge on any atom is 0.315 e. The van der Waals surface area contributed by atoms with Gasteiger partial charge in [-0.2, -0.15) is 0 Å². The molecule has 5 nitrogen and oxygen atoms in total. The van der Waals surface area contributed by atoms with E-state index in [1.165, 1.54) is 31.2 Å². The summed E-state index contributed by atoms with van der Waals surface area (Å²) in [6, 6.07) is 8.58. The van der Waals surface area contributed by atoms with Crippen molar-refractivity contribution in [1.29, 1.82) is 0 Å². The lowest BCUT2D eigenvalue weighted by atomic mass is 10.1. The average molecular weight is 326 g/mol. The number of hydrogen-bond donors (Lipinski definition) is 2. The van der Waals surface area contributed by atoms with Gasteiger partial charge in [0.25, 0.3) is 0 Å². The Morgan fingerprint density at radius 3 is 2.71 bits per heavy atom. The first-order chi connectivity index (χ1) is 11.8. The van der Waals surface area contributed by atoms with Crippen molar-refractivity contribution in [2.45, 2.75) is 57.7 Å². The second-order valence-corrected chi connectivity index (χ2v) is 6.57. The highest BCUT2D eigenvalue weighted by atomic mass is 16.2. The highest BCUT2D eigenvalue weighted by molar-refractivity contribution is 5.74. The van der Waals surface area contributed by atoms with E-state index < -0.39 is 0 Å². The van der Waals surface area contributed by atoms with E-state index in [2.05, 4.69) is 27.8 Å². The van der Waals surface area contributed by atoms with Gasteiger partial charge in [-0.25, -0.2) is 9.78 Å². The van der Waals surface area contributed by atoms with E-state index in [1.807, 2.05) is 29.2 Å². The molecule has 0 aliphatic heterocycles. The molecule has 0 spiro atoms. The Balaban J connectivity index is 1.47. The number of imidazole rings is 1. The molecule has 3 rings (SSSR count). The third-order valence-electron chi connectivity index (χ3n) is 4.56. The molecule has 1 fully saturated rings. The van der Waals surface area contributed by atoms with Crippen LogP contribution in [0.1, 0.15) is 49.7 Å². The van der Waals surface area contributed by atoms with E-state index in [-0.39, 0.29) is 6.03 Å². The molecule has 128 valence electrons. The first kappa shape index (κ1) is 16.6. The fourth-order valence-corrected chi connectivity index (χ4v) is 3.27. The molecule has 24 heavy (non-hydrogen) atoms. The molecule has 1 heterocycles. The molecule has 1 aliphatic carbocycles. The fourth-order valence-electron chi connectivity index (χ4n) is 3.27. The van der Waals surface area contributed by atoms with Crippen molar-refractivity contribution < 1.29 is 4.79 Å². The average Bonchev–Trinajstić information content (AvgIpc) is 2.96. The lowest BCUT2D eigenvalue weighted by Gasteiger charge is -2.17. The molecule has 1 aromatic heterocycles. The molecule has 0 radical (unpaired) electrons. The molecule has 1 aromatic carbocycles. The van der Waals surface area contributed by atoms with Crippen molar-refractivity contribution >= 4 is 6.03 Å². The number of hydrogen-bond acceptors (Lipinski definition) is 2. The summed E-state index contributed by atoms with van der Waals surface area (Å²) in [6.45, 7) is 1.35. The second kappa shape index (κ2) is 8.52. The summed E-state index contributed by atoms with van der Waals surface area (Å²) in [7, 11) is 0. The van der Waals surface area contributed by atoms with Gasteiger partial charge in [0, 0.05) is 31.5 Å². The van der Waals surface area contributed by atoms with Crippen LogP contribution < -0.4 is 10.6 Å². The maximum absolute atomic E-state index is 12.1. The molecule has 5 heteroatoms. The van der Waals surface area contributed by atoms with E-state index in [9.17, 15) is 4.79 Å². The molecular formula is C19H26N4O. The third-order valence-corrected chi connectivity index (χ3v) is 4.56. The first-order valence-electron chi connectivity index (χ1n) is 8.87. The summed E-state index contributed by atoms with van der Waals surface area (Å²) in [6.07, 6.45) is 12.8. The van der Waals surface area contributed by atoms with Crippen molar-refractivity contribution in [1.82, 2.24) is 20.2 Å². The smallest absolute Gasteiger partial charge is 0.315 e. The predicted octanol–water partition coefficient (Wildman–Crippen LogP) is 3.45. The van der Waals surface area contributed by atoms with E-state index in [0.717, 1.165) is 24.9 Å². The number of amides is 2. The minimum atomic E-state index is -0.0538. The zero-order valence-electron chi connectivity index (χ0n) is 14.1. The van der Waals surface area contributed by atoms with E-state index in [1.54, 1.807) is 6.20 Å². The molecule has 1 saturated carbocycles. The highest BCUT2D eigenvalue weighted by Crippen LogP contribution is 2.17. The Morgan fingerprint density at radius 2 is 1.96 bits per heavy atom. The summed E-state index contributed by atoms with van der Waals surface area (Å²) in [4.78, 5) is 16.2. The zero-order chi connectivity index (χ0) is 16.6. The summed E-state index contributed by atoms with van der Waals surface area (Å²) >= 11 is 0. The molecule has 1 aliphatic rings. The summed E-state index contributed by atoms with van der Waals surface area (Å²) in [5, 5.41) is 6.10. The van der Waals surface area contributed by atoms with Gasteiger partial charge in [0.1, 0.15) is 0 Å². The molecular weight excluding hydrogens is 300 g/mol. The predicted molar refractivity (Wildman–Crippen MR) is 94.6 cm³/mol. The Hall–Kier alpha value is -2.30. The zero-order valence-corrected chi connectivity index (χ0v) is 14.1. The number of carbonyl (C=O) groups excluding carboxylic acids is 1. The van der Waals surface area contributed by atoms with Crippen molar-refractivity contribution in [3.63, 3.8) is 0 Å². The molecule has 0 bridgehead atoms. The van der Waals surface area contributed by atoms with Crippen molar-refractivity contribution in [2.75, 3.05) is 0 Å². The van der Waals surface area contributed by atoms with Gasteiger partial charge < -0.3 is 15.2 Å². The van der Waals surface area contributed by atoms with E-state index in [0.29, 0.717) is 12.6 Å². The van der Waals surface area contributed by atoms with E-state index >= 15 is 0 Å². The van der Waals surface area contributed by atoms with Crippen LogP contribution >= 0.6 is 0 Å².